The highest BCUT2D eigenvalue weighted by Gasteiger charge is 2.28. The molecule has 2 aromatic heterocycles. The zero-order chi connectivity index (χ0) is 11.9. The van der Waals surface area contributed by atoms with Crippen LogP contribution in [-0.4, -0.2) is 20.4 Å². The van der Waals surface area contributed by atoms with Crippen LogP contribution in [0.1, 0.15) is 0 Å². The van der Waals surface area contributed by atoms with Gasteiger partial charge < -0.3 is 4.57 Å². The zero-order valence-corrected chi connectivity index (χ0v) is 9.29. The molecule has 8 heteroatoms. The molecular weight excluding hydrogens is 291 g/mol. The second-order valence-electron chi connectivity index (χ2n) is 3.13. The standard InChI is InChI=1S/C8H5BrF3N3O/c9-5-3-13-15-2-1-14(4-8(10,11)12)7(16)6(5)15/h1-3H,4H2. The van der Waals surface area contributed by atoms with Gasteiger partial charge in [-0.25, -0.2) is 4.52 Å². The molecule has 0 radical (unpaired) electrons. The number of rotatable bonds is 1. The summed E-state index contributed by atoms with van der Waals surface area (Å²) in [6.07, 6.45) is -0.709. The fourth-order valence-electron chi connectivity index (χ4n) is 1.32. The highest BCUT2D eigenvalue weighted by molar-refractivity contribution is 9.10. The number of hydrogen-bond donors (Lipinski definition) is 0. The van der Waals surface area contributed by atoms with Gasteiger partial charge in [-0.05, 0) is 15.9 Å². The first-order valence-electron chi connectivity index (χ1n) is 4.17. The van der Waals surface area contributed by atoms with E-state index in [1.165, 1.54) is 16.9 Å². The van der Waals surface area contributed by atoms with Crippen LogP contribution in [0.2, 0.25) is 0 Å². The van der Waals surface area contributed by atoms with Gasteiger partial charge in [-0.1, -0.05) is 0 Å². The summed E-state index contributed by atoms with van der Waals surface area (Å²) in [7, 11) is 0. The second kappa shape index (κ2) is 3.62. The lowest BCUT2D eigenvalue weighted by molar-refractivity contribution is -0.141. The largest absolute Gasteiger partial charge is 0.406 e. The van der Waals surface area contributed by atoms with Crippen LogP contribution in [0, 0.1) is 0 Å². The van der Waals surface area contributed by atoms with Crippen molar-refractivity contribution < 1.29 is 13.2 Å². The van der Waals surface area contributed by atoms with E-state index in [-0.39, 0.29) is 5.52 Å². The quantitative estimate of drug-likeness (QED) is 0.805. The number of hydrogen-bond acceptors (Lipinski definition) is 2. The average Bonchev–Trinajstić information content (AvgIpc) is 2.51. The number of alkyl halides is 3. The van der Waals surface area contributed by atoms with Crippen LogP contribution >= 0.6 is 15.9 Å². The molecule has 0 bridgehead atoms. The molecule has 0 aliphatic heterocycles. The van der Waals surface area contributed by atoms with E-state index in [9.17, 15) is 18.0 Å². The Labute approximate surface area is 95.4 Å². The van der Waals surface area contributed by atoms with Gasteiger partial charge in [0.2, 0.25) is 0 Å². The Morgan fingerprint density at radius 3 is 2.69 bits per heavy atom. The molecule has 2 rings (SSSR count). The van der Waals surface area contributed by atoms with Crippen molar-refractivity contribution in [3.63, 3.8) is 0 Å². The van der Waals surface area contributed by atoms with Gasteiger partial charge >= 0.3 is 6.18 Å². The highest BCUT2D eigenvalue weighted by Crippen LogP contribution is 2.17. The van der Waals surface area contributed by atoms with Crippen LogP contribution in [0.3, 0.4) is 0 Å². The van der Waals surface area contributed by atoms with Crippen molar-refractivity contribution in [3.8, 4) is 0 Å². The van der Waals surface area contributed by atoms with Crippen molar-refractivity contribution in [3.05, 3.63) is 33.4 Å². The molecule has 86 valence electrons. The Hall–Kier alpha value is -1.31. The number of halogens is 4. The topological polar surface area (TPSA) is 39.3 Å². The van der Waals surface area contributed by atoms with Gasteiger partial charge in [0.15, 0.2) is 0 Å². The van der Waals surface area contributed by atoms with Gasteiger partial charge in [0.25, 0.3) is 5.56 Å². The normalized spacial score (nSPS) is 12.2. The summed E-state index contributed by atoms with van der Waals surface area (Å²) in [5.41, 5.74) is -0.643. The smallest absolute Gasteiger partial charge is 0.303 e. The molecule has 0 aromatic carbocycles. The number of fused-ring (bicyclic) bond motifs is 1. The maximum Gasteiger partial charge on any atom is 0.406 e. The predicted molar refractivity (Wildman–Crippen MR) is 53.2 cm³/mol. The Balaban J connectivity index is 2.61. The van der Waals surface area contributed by atoms with Gasteiger partial charge in [-0.15, -0.1) is 0 Å². The molecule has 4 nitrogen and oxygen atoms in total. The van der Waals surface area contributed by atoms with Crippen molar-refractivity contribution in [2.45, 2.75) is 12.7 Å². The summed E-state index contributed by atoms with van der Waals surface area (Å²) in [5, 5.41) is 3.79. The minimum Gasteiger partial charge on any atom is -0.303 e. The van der Waals surface area contributed by atoms with Crippen LogP contribution in [0.25, 0.3) is 5.52 Å². The third-order valence-corrected chi connectivity index (χ3v) is 2.53. The first kappa shape index (κ1) is 11.2. The van der Waals surface area contributed by atoms with E-state index < -0.39 is 18.3 Å². The molecule has 0 N–H and O–H groups in total. The van der Waals surface area contributed by atoms with Crippen molar-refractivity contribution in [1.29, 1.82) is 0 Å². The zero-order valence-electron chi connectivity index (χ0n) is 7.70. The van der Waals surface area contributed by atoms with E-state index in [0.717, 1.165) is 6.20 Å². The summed E-state index contributed by atoms with van der Waals surface area (Å²) >= 11 is 3.05. The van der Waals surface area contributed by atoms with E-state index in [1.807, 2.05) is 0 Å². The fraction of sp³-hybridized carbons (Fsp3) is 0.250. The van der Waals surface area contributed by atoms with Crippen LogP contribution < -0.4 is 5.56 Å². The van der Waals surface area contributed by atoms with Crippen molar-refractivity contribution >= 4 is 21.4 Å². The molecule has 0 aliphatic carbocycles. The van der Waals surface area contributed by atoms with Gasteiger partial charge in [0.1, 0.15) is 12.1 Å². The first-order chi connectivity index (χ1) is 7.38. The third kappa shape index (κ3) is 1.97. The molecule has 2 aromatic rings. The molecule has 0 saturated carbocycles. The van der Waals surface area contributed by atoms with E-state index in [2.05, 4.69) is 21.0 Å². The van der Waals surface area contributed by atoms with E-state index >= 15 is 0 Å². The monoisotopic (exact) mass is 295 g/mol. The lowest BCUT2D eigenvalue weighted by atomic mass is 10.5. The molecule has 0 spiro atoms. The van der Waals surface area contributed by atoms with Crippen LogP contribution in [0.5, 0.6) is 0 Å². The molecule has 2 heterocycles. The minimum absolute atomic E-state index is 0.0896. The summed E-state index contributed by atoms with van der Waals surface area (Å²) in [6.45, 7) is -1.31. The average molecular weight is 296 g/mol. The van der Waals surface area contributed by atoms with Crippen LogP contribution in [0.4, 0.5) is 13.2 Å². The maximum atomic E-state index is 12.2. The molecule has 0 saturated heterocycles. The van der Waals surface area contributed by atoms with Gasteiger partial charge in [0, 0.05) is 12.4 Å². The Bertz CT molecular complexity index is 586. The molecule has 0 atom stereocenters. The van der Waals surface area contributed by atoms with Gasteiger partial charge in [-0.3, -0.25) is 4.79 Å². The summed E-state index contributed by atoms with van der Waals surface area (Å²) < 4.78 is 38.7. The highest BCUT2D eigenvalue weighted by atomic mass is 79.9. The summed E-state index contributed by atoms with van der Waals surface area (Å²) in [5.74, 6) is 0. The third-order valence-electron chi connectivity index (χ3n) is 1.95. The Morgan fingerprint density at radius 1 is 1.38 bits per heavy atom. The molecule has 0 amide bonds. The molecule has 0 unspecified atom stereocenters. The predicted octanol–water partition coefficient (Wildman–Crippen LogP) is 1.82. The van der Waals surface area contributed by atoms with E-state index in [1.54, 1.807) is 0 Å². The Kier molecular flexibility index (Phi) is 2.53. The molecule has 16 heavy (non-hydrogen) atoms. The molecular formula is C8H5BrF3N3O. The van der Waals surface area contributed by atoms with E-state index in [0.29, 0.717) is 9.04 Å². The van der Waals surface area contributed by atoms with Gasteiger partial charge in [0.05, 0.1) is 10.7 Å². The summed E-state index contributed by atoms with van der Waals surface area (Å²) in [6, 6.07) is 0. The molecule has 0 aliphatic rings. The minimum atomic E-state index is -4.42. The van der Waals surface area contributed by atoms with Gasteiger partial charge in [-0.2, -0.15) is 18.3 Å². The summed E-state index contributed by atoms with van der Waals surface area (Å²) in [4.78, 5) is 11.7. The lowest BCUT2D eigenvalue weighted by Gasteiger charge is -2.09. The van der Waals surface area contributed by atoms with Crippen molar-refractivity contribution in [2.75, 3.05) is 0 Å². The number of aromatic nitrogens is 3. The maximum absolute atomic E-state index is 12.2. The van der Waals surface area contributed by atoms with E-state index in [4.69, 9.17) is 0 Å². The number of nitrogens with zero attached hydrogens (tertiary/aromatic N) is 3. The van der Waals surface area contributed by atoms with Crippen molar-refractivity contribution in [2.24, 2.45) is 0 Å². The molecule has 0 fully saturated rings. The lowest BCUT2D eigenvalue weighted by Crippen LogP contribution is -2.28. The SMILES string of the molecule is O=c1c2c(Br)cnn2ccn1CC(F)(F)F. The van der Waals surface area contributed by atoms with Crippen LogP contribution in [0.15, 0.2) is 27.9 Å². The van der Waals surface area contributed by atoms with Crippen LogP contribution in [-0.2, 0) is 6.54 Å². The first-order valence-corrected chi connectivity index (χ1v) is 4.97. The second-order valence-corrected chi connectivity index (χ2v) is 3.99. The fourth-order valence-corrected chi connectivity index (χ4v) is 1.76. The van der Waals surface area contributed by atoms with Crippen molar-refractivity contribution in [1.82, 2.24) is 14.2 Å². The Morgan fingerprint density at radius 2 is 2.06 bits per heavy atom.